The van der Waals surface area contributed by atoms with Gasteiger partial charge in [-0.25, -0.2) is 0 Å². The first-order chi connectivity index (χ1) is 25.4. The summed E-state index contributed by atoms with van der Waals surface area (Å²) in [7, 11) is 7.18. The largest absolute Gasteiger partial charge is 0.496 e. The van der Waals surface area contributed by atoms with Crippen LogP contribution >= 0.6 is 0 Å². The van der Waals surface area contributed by atoms with Crippen LogP contribution in [0.25, 0.3) is 11.1 Å². The lowest BCUT2D eigenvalue weighted by Crippen LogP contribution is -2.62. The summed E-state index contributed by atoms with van der Waals surface area (Å²) in [5.41, 5.74) is 5.58. The third-order valence-corrected chi connectivity index (χ3v) is 13.0. The minimum absolute atomic E-state index is 0.0270. The van der Waals surface area contributed by atoms with E-state index in [0.29, 0.717) is 34.5 Å². The van der Waals surface area contributed by atoms with Crippen LogP contribution in [0.1, 0.15) is 74.9 Å². The molecule has 1 heterocycles. The zero-order valence-corrected chi connectivity index (χ0v) is 32.9. The zero-order chi connectivity index (χ0) is 38.0. The fourth-order valence-corrected chi connectivity index (χ4v) is 9.70. The second kappa shape index (κ2) is 16.2. The van der Waals surface area contributed by atoms with Crippen molar-refractivity contribution in [3.63, 3.8) is 0 Å². The summed E-state index contributed by atoms with van der Waals surface area (Å²) < 4.78 is 6.11. The van der Waals surface area contributed by atoms with Crippen molar-refractivity contribution < 1.29 is 24.3 Å². The Bertz CT molecular complexity index is 1740. The van der Waals surface area contributed by atoms with Crippen molar-refractivity contribution in [2.75, 3.05) is 39.8 Å². The van der Waals surface area contributed by atoms with E-state index in [1.807, 2.05) is 61.5 Å². The van der Waals surface area contributed by atoms with Gasteiger partial charge in [0.1, 0.15) is 17.9 Å². The molecule has 3 saturated carbocycles. The minimum Gasteiger partial charge on any atom is -0.496 e. The Morgan fingerprint density at radius 2 is 1.83 bits per heavy atom. The van der Waals surface area contributed by atoms with Crippen LogP contribution in [0.4, 0.5) is 5.69 Å². The number of aryl methyl sites for hydroxylation is 1. The van der Waals surface area contributed by atoms with Crippen LogP contribution in [0, 0.1) is 35.0 Å². The summed E-state index contributed by atoms with van der Waals surface area (Å²) in [6.07, 6.45) is 4.56. The standard InChI is InChI=1S/C44H60N4O5/c1-27(14-12-17-29-15-10-9-11-16-29)39-38(26-49)53-48(40(39)43(51)46-37-24-33-23-36(28(37)2)44(33,3)4)25-30-18-13-19-35(41(30)52-8)31-20-32(42(50)45-5)22-34(21-31)47(6)7/h9-11,13,15-16,18-22,27-28,33,36-40,49H,12,14,17,23-26H2,1-8H3,(H,45,50)(H,46,51)/t27?,28-,33+,36-,37-,38-,39?,40-/m0/s1. The van der Waals surface area contributed by atoms with Gasteiger partial charge in [-0.3, -0.25) is 14.4 Å². The van der Waals surface area contributed by atoms with Gasteiger partial charge in [0.25, 0.3) is 5.91 Å². The van der Waals surface area contributed by atoms with Crippen molar-refractivity contribution in [3.8, 4) is 16.9 Å². The van der Waals surface area contributed by atoms with Crippen molar-refractivity contribution in [2.45, 2.75) is 84.5 Å². The lowest BCUT2D eigenvalue weighted by Gasteiger charge is -2.62. The van der Waals surface area contributed by atoms with Crippen molar-refractivity contribution >= 4 is 17.5 Å². The highest BCUT2D eigenvalue weighted by Crippen LogP contribution is 2.61. The molecule has 3 N–H and O–H groups in total. The van der Waals surface area contributed by atoms with Gasteiger partial charge in [0.05, 0.1) is 20.3 Å². The second-order valence-electron chi connectivity index (χ2n) is 16.6. The van der Waals surface area contributed by atoms with Crippen LogP contribution in [0.5, 0.6) is 5.75 Å². The summed E-state index contributed by atoms with van der Waals surface area (Å²) in [4.78, 5) is 36.0. The number of ether oxygens (including phenoxy) is 1. The molecule has 53 heavy (non-hydrogen) atoms. The van der Waals surface area contributed by atoms with Crippen LogP contribution in [0.3, 0.4) is 0 Å². The molecule has 0 aromatic heterocycles. The molecule has 0 radical (unpaired) electrons. The molecule has 9 heteroatoms. The van der Waals surface area contributed by atoms with Gasteiger partial charge in [-0.2, -0.15) is 5.06 Å². The van der Waals surface area contributed by atoms with E-state index < -0.39 is 12.1 Å². The summed E-state index contributed by atoms with van der Waals surface area (Å²) >= 11 is 0. The van der Waals surface area contributed by atoms with E-state index >= 15 is 0 Å². The molecule has 3 aromatic carbocycles. The SMILES string of the molecule is CNC(=O)c1cc(-c2cccc(CN3O[C@@H](CO)C(C(C)CCCc4ccccc4)[C@H]3C(=O)N[C@H]3C[C@H]4C[C@@H]([C@@H]3C)C4(C)C)c2OC)cc(N(C)C)c1. The number of nitrogens with one attached hydrogen (secondary N) is 2. The minimum atomic E-state index is -0.595. The fraction of sp³-hybridized carbons (Fsp3) is 0.545. The number of aliphatic hydroxyl groups is 1. The molecule has 3 aliphatic carbocycles. The van der Waals surface area contributed by atoms with Crippen molar-refractivity contribution in [2.24, 2.45) is 35.0 Å². The monoisotopic (exact) mass is 724 g/mol. The second-order valence-corrected chi connectivity index (χ2v) is 16.6. The maximum atomic E-state index is 14.7. The molecule has 7 rings (SSSR count). The summed E-state index contributed by atoms with van der Waals surface area (Å²) in [5.74, 6) is 1.97. The van der Waals surface area contributed by atoms with Gasteiger partial charge in [0, 0.05) is 55.5 Å². The number of fused-ring (bicyclic) bond motifs is 2. The van der Waals surface area contributed by atoms with Crippen molar-refractivity contribution in [1.82, 2.24) is 15.7 Å². The zero-order valence-electron chi connectivity index (χ0n) is 32.9. The molecule has 4 aliphatic rings. The van der Waals surface area contributed by atoms with Gasteiger partial charge >= 0.3 is 0 Å². The quantitative estimate of drug-likeness (QED) is 0.170. The molecule has 2 amide bonds. The molecule has 3 aromatic rings. The Hall–Kier alpha value is -3.92. The molecular formula is C44H60N4O5. The number of carbonyl (C=O) groups excluding carboxylic acids is 2. The molecule has 9 nitrogen and oxygen atoms in total. The smallest absolute Gasteiger partial charge is 0.251 e. The van der Waals surface area contributed by atoms with Crippen LogP contribution in [-0.2, 0) is 22.6 Å². The normalized spacial score (nSPS) is 26.7. The number of para-hydroxylation sites is 1. The van der Waals surface area contributed by atoms with E-state index in [2.05, 4.69) is 62.6 Å². The van der Waals surface area contributed by atoms with Gasteiger partial charge < -0.3 is 25.4 Å². The summed E-state index contributed by atoms with van der Waals surface area (Å²) in [5, 5.41) is 18.8. The topological polar surface area (TPSA) is 103 Å². The summed E-state index contributed by atoms with van der Waals surface area (Å²) in [6.45, 7) is 9.37. The molecule has 286 valence electrons. The van der Waals surface area contributed by atoms with E-state index in [1.54, 1.807) is 19.2 Å². The van der Waals surface area contributed by atoms with E-state index in [1.165, 1.54) is 12.0 Å². The Morgan fingerprint density at radius 1 is 1.08 bits per heavy atom. The van der Waals surface area contributed by atoms with Crippen LogP contribution in [0.15, 0.2) is 66.7 Å². The number of methoxy groups -OCH3 is 1. The number of hydrogen-bond acceptors (Lipinski definition) is 7. The molecule has 0 spiro atoms. The maximum absolute atomic E-state index is 14.7. The third-order valence-electron chi connectivity index (χ3n) is 13.0. The average Bonchev–Trinajstić information content (AvgIpc) is 3.53. The predicted octanol–water partition coefficient (Wildman–Crippen LogP) is 6.73. The Labute approximate surface area is 316 Å². The van der Waals surface area contributed by atoms with E-state index in [0.717, 1.165) is 48.1 Å². The highest BCUT2D eigenvalue weighted by atomic mass is 16.7. The number of rotatable bonds is 14. The van der Waals surface area contributed by atoms with E-state index in [9.17, 15) is 14.7 Å². The highest BCUT2D eigenvalue weighted by Gasteiger charge is 2.57. The number of nitrogens with zero attached hydrogens (tertiary/aromatic N) is 2. The van der Waals surface area contributed by atoms with Gasteiger partial charge in [0.2, 0.25) is 5.91 Å². The number of anilines is 1. The molecule has 2 bridgehead atoms. The number of benzene rings is 3. The number of hydrogen-bond donors (Lipinski definition) is 3. The van der Waals surface area contributed by atoms with Crippen LogP contribution in [0.2, 0.25) is 0 Å². The first kappa shape index (κ1) is 38.8. The fourth-order valence-electron chi connectivity index (χ4n) is 9.70. The molecule has 1 aliphatic heterocycles. The number of amides is 2. The molecular weight excluding hydrogens is 665 g/mol. The Morgan fingerprint density at radius 3 is 2.47 bits per heavy atom. The molecule has 1 saturated heterocycles. The van der Waals surface area contributed by atoms with Crippen LogP contribution in [-0.4, -0.2) is 75.0 Å². The first-order valence-electron chi connectivity index (χ1n) is 19.5. The third kappa shape index (κ3) is 7.84. The van der Waals surface area contributed by atoms with Gasteiger partial charge in [0.15, 0.2) is 0 Å². The van der Waals surface area contributed by atoms with Gasteiger partial charge in [-0.05, 0) is 90.5 Å². The number of aliphatic hydroxyl groups excluding tert-OH is 1. The Balaban J connectivity index is 1.31. The lowest BCUT2D eigenvalue weighted by molar-refractivity contribution is -0.183. The average molecular weight is 725 g/mol. The van der Waals surface area contributed by atoms with E-state index in [4.69, 9.17) is 9.57 Å². The highest BCUT2D eigenvalue weighted by molar-refractivity contribution is 5.97. The Kier molecular flexibility index (Phi) is 11.9. The van der Waals surface area contributed by atoms with Gasteiger partial charge in [-0.15, -0.1) is 0 Å². The predicted molar refractivity (Wildman–Crippen MR) is 211 cm³/mol. The van der Waals surface area contributed by atoms with Crippen molar-refractivity contribution in [1.29, 1.82) is 0 Å². The molecule has 2 unspecified atom stereocenters. The van der Waals surface area contributed by atoms with E-state index in [-0.39, 0.29) is 42.8 Å². The van der Waals surface area contributed by atoms with Crippen molar-refractivity contribution in [3.05, 3.63) is 83.4 Å². The molecule has 8 atom stereocenters. The number of carbonyl (C=O) groups is 2. The first-order valence-corrected chi connectivity index (χ1v) is 19.5. The van der Waals surface area contributed by atoms with Crippen LogP contribution < -0.4 is 20.3 Å². The maximum Gasteiger partial charge on any atom is 0.251 e. The lowest BCUT2D eigenvalue weighted by atomic mass is 9.45. The molecule has 4 fully saturated rings. The number of hydroxylamine groups is 2. The summed E-state index contributed by atoms with van der Waals surface area (Å²) in [6, 6.07) is 21.8. The van der Waals surface area contributed by atoms with Gasteiger partial charge in [-0.1, -0.05) is 76.2 Å².